The SMILES string of the molecule is COC(=O)[C@@H](NCc1cccc2cnccc12)C(C)C. The summed E-state index contributed by atoms with van der Waals surface area (Å²) in [6.07, 6.45) is 3.63. The van der Waals surface area contributed by atoms with E-state index in [1.165, 1.54) is 7.11 Å². The summed E-state index contributed by atoms with van der Waals surface area (Å²) in [5, 5.41) is 5.54. The number of nitrogens with one attached hydrogen (secondary N) is 1. The fraction of sp³-hybridized carbons (Fsp3) is 0.375. The molecular weight excluding hydrogens is 252 g/mol. The van der Waals surface area contributed by atoms with Crippen LogP contribution in [0.15, 0.2) is 36.7 Å². The molecule has 4 heteroatoms. The molecule has 0 unspecified atom stereocenters. The minimum atomic E-state index is -0.294. The number of carbonyl (C=O) groups is 1. The summed E-state index contributed by atoms with van der Waals surface area (Å²) in [6, 6.07) is 7.80. The Hall–Kier alpha value is -1.94. The van der Waals surface area contributed by atoms with Gasteiger partial charge in [0, 0.05) is 24.3 Å². The van der Waals surface area contributed by atoms with E-state index >= 15 is 0 Å². The summed E-state index contributed by atoms with van der Waals surface area (Å²) in [5.41, 5.74) is 1.15. The van der Waals surface area contributed by atoms with Gasteiger partial charge >= 0.3 is 5.97 Å². The Kier molecular flexibility index (Phi) is 4.69. The fourth-order valence-corrected chi connectivity index (χ4v) is 2.28. The van der Waals surface area contributed by atoms with E-state index in [2.05, 4.69) is 16.4 Å². The van der Waals surface area contributed by atoms with Crippen molar-refractivity contribution in [3.63, 3.8) is 0 Å². The van der Waals surface area contributed by atoms with Gasteiger partial charge in [-0.2, -0.15) is 0 Å². The van der Waals surface area contributed by atoms with Crippen LogP contribution >= 0.6 is 0 Å². The first-order valence-corrected chi connectivity index (χ1v) is 6.76. The van der Waals surface area contributed by atoms with Gasteiger partial charge in [-0.15, -0.1) is 0 Å². The zero-order valence-electron chi connectivity index (χ0n) is 12.1. The van der Waals surface area contributed by atoms with Crippen LogP contribution in [0.3, 0.4) is 0 Å². The Balaban J connectivity index is 2.18. The highest BCUT2D eigenvalue weighted by Gasteiger charge is 2.22. The number of aromatic nitrogens is 1. The summed E-state index contributed by atoms with van der Waals surface area (Å²) in [5.74, 6) is -0.0407. The first-order chi connectivity index (χ1) is 9.63. The maximum atomic E-state index is 11.7. The van der Waals surface area contributed by atoms with E-state index in [9.17, 15) is 4.79 Å². The lowest BCUT2D eigenvalue weighted by Crippen LogP contribution is -2.41. The average Bonchev–Trinajstić information content (AvgIpc) is 2.47. The molecule has 0 saturated carbocycles. The van der Waals surface area contributed by atoms with Crippen LogP contribution in [0.1, 0.15) is 19.4 Å². The van der Waals surface area contributed by atoms with Crippen LogP contribution in [0.25, 0.3) is 10.8 Å². The van der Waals surface area contributed by atoms with Gasteiger partial charge in [-0.3, -0.25) is 9.78 Å². The molecule has 1 aromatic heterocycles. The predicted octanol–water partition coefficient (Wildman–Crippen LogP) is 2.52. The van der Waals surface area contributed by atoms with E-state index in [-0.39, 0.29) is 17.9 Å². The molecule has 0 aliphatic rings. The molecule has 0 aliphatic heterocycles. The molecule has 1 N–H and O–H groups in total. The minimum Gasteiger partial charge on any atom is -0.468 e. The topological polar surface area (TPSA) is 51.2 Å². The van der Waals surface area contributed by atoms with Crippen molar-refractivity contribution in [2.24, 2.45) is 5.92 Å². The van der Waals surface area contributed by atoms with Crippen LogP contribution in [-0.2, 0) is 16.1 Å². The van der Waals surface area contributed by atoms with Crippen LogP contribution in [0, 0.1) is 5.92 Å². The van der Waals surface area contributed by atoms with Crippen molar-refractivity contribution in [3.8, 4) is 0 Å². The Morgan fingerprint density at radius 1 is 1.35 bits per heavy atom. The van der Waals surface area contributed by atoms with Crippen LogP contribution < -0.4 is 5.32 Å². The number of fused-ring (bicyclic) bond motifs is 1. The van der Waals surface area contributed by atoms with Crippen molar-refractivity contribution >= 4 is 16.7 Å². The summed E-state index contributed by atoms with van der Waals surface area (Å²) in [4.78, 5) is 15.9. The molecule has 4 nitrogen and oxygen atoms in total. The summed E-state index contributed by atoms with van der Waals surface area (Å²) >= 11 is 0. The largest absolute Gasteiger partial charge is 0.468 e. The van der Waals surface area contributed by atoms with E-state index in [0.29, 0.717) is 6.54 Å². The van der Waals surface area contributed by atoms with Gasteiger partial charge in [0.1, 0.15) is 6.04 Å². The van der Waals surface area contributed by atoms with Crippen molar-refractivity contribution in [3.05, 3.63) is 42.2 Å². The van der Waals surface area contributed by atoms with E-state index in [0.717, 1.165) is 16.3 Å². The monoisotopic (exact) mass is 272 g/mol. The lowest BCUT2D eigenvalue weighted by Gasteiger charge is -2.20. The lowest BCUT2D eigenvalue weighted by atomic mass is 10.0. The average molecular weight is 272 g/mol. The van der Waals surface area contributed by atoms with E-state index in [1.54, 1.807) is 6.20 Å². The molecule has 0 fully saturated rings. The fourth-order valence-electron chi connectivity index (χ4n) is 2.28. The molecular formula is C16H20N2O2. The highest BCUT2D eigenvalue weighted by Crippen LogP contribution is 2.17. The first kappa shape index (κ1) is 14.5. The maximum absolute atomic E-state index is 11.7. The standard InChI is InChI=1S/C16H20N2O2/c1-11(2)15(16(19)20-3)18-10-13-6-4-5-12-9-17-8-7-14(12)13/h4-9,11,15,18H,10H2,1-3H3/t15-/m0/s1. The number of benzene rings is 1. The number of rotatable bonds is 5. The molecule has 2 aromatic rings. The quantitative estimate of drug-likeness (QED) is 0.850. The van der Waals surface area contributed by atoms with Crippen LogP contribution in [0.2, 0.25) is 0 Å². The second-order valence-corrected chi connectivity index (χ2v) is 5.14. The Morgan fingerprint density at radius 3 is 2.85 bits per heavy atom. The smallest absolute Gasteiger partial charge is 0.323 e. The van der Waals surface area contributed by atoms with Crippen molar-refractivity contribution in [2.75, 3.05) is 7.11 Å². The molecule has 1 aromatic carbocycles. The highest BCUT2D eigenvalue weighted by molar-refractivity contribution is 5.84. The van der Waals surface area contributed by atoms with Gasteiger partial charge in [0.25, 0.3) is 0 Å². The summed E-state index contributed by atoms with van der Waals surface area (Å²) < 4.78 is 4.84. The number of nitrogens with zero attached hydrogens (tertiary/aromatic N) is 1. The predicted molar refractivity (Wildman–Crippen MR) is 79.2 cm³/mol. The Morgan fingerprint density at radius 2 is 2.15 bits per heavy atom. The summed E-state index contributed by atoms with van der Waals surface area (Å²) in [6.45, 7) is 4.63. The van der Waals surface area contributed by atoms with E-state index in [1.807, 2.05) is 38.2 Å². The molecule has 20 heavy (non-hydrogen) atoms. The zero-order chi connectivity index (χ0) is 14.5. The number of methoxy groups -OCH3 is 1. The van der Waals surface area contributed by atoms with Gasteiger partial charge in [0.05, 0.1) is 7.11 Å². The third-order valence-electron chi connectivity index (χ3n) is 3.41. The van der Waals surface area contributed by atoms with E-state index < -0.39 is 0 Å². The number of hydrogen-bond acceptors (Lipinski definition) is 4. The molecule has 0 amide bonds. The molecule has 1 heterocycles. The lowest BCUT2D eigenvalue weighted by molar-refractivity contribution is -0.144. The Bertz CT molecular complexity index is 591. The van der Waals surface area contributed by atoms with Gasteiger partial charge in [0.15, 0.2) is 0 Å². The van der Waals surface area contributed by atoms with Crippen molar-refractivity contribution in [2.45, 2.75) is 26.4 Å². The van der Waals surface area contributed by atoms with Gasteiger partial charge in [-0.25, -0.2) is 0 Å². The first-order valence-electron chi connectivity index (χ1n) is 6.76. The van der Waals surface area contributed by atoms with Crippen molar-refractivity contribution < 1.29 is 9.53 Å². The molecule has 0 aliphatic carbocycles. The second kappa shape index (κ2) is 6.48. The number of hydrogen-bond donors (Lipinski definition) is 1. The van der Waals surface area contributed by atoms with Gasteiger partial charge in [0.2, 0.25) is 0 Å². The molecule has 2 rings (SSSR count). The van der Waals surface area contributed by atoms with Gasteiger partial charge in [-0.1, -0.05) is 32.0 Å². The molecule has 0 saturated heterocycles. The molecule has 0 radical (unpaired) electrons. The van der Waals surface area contributed by atoms with Gasteiger partial charge < -0.3 is 10.1 Å². The zero-order valence-corrected chi connectivity index (χ0v) is 12.1. The minimum absolute atomic E-state index is 0.180. The summed E-state index contributed by atoms with van der Waals surface area (Å²) in [7, 11) is 1.42. The normalized spacial score (nSPS) is 12.6. The third kappa shape index (κ3) is 3.14. The second-order valence-electron chi connectivity index (χ2n) is 5.14. The van der Waals surface area contributed by atoms with Crippen LogP contribution in [0.4, 0.5) is 0 Å². The molecule has 0 spiro atoms. The maximum Gasteiger partial charge on any atom is 0.323 e. The number of pyridine rings is 1. The number of ether oxygens (including phenoxy) is 1. The van der Waals surface area contributed by atoms with Crippen LogP contribution in [-0.4, -0.2) is 24.1 Å². The van der Waals surface area contributed by atoms with Gasteiger partial charge in [-0.05, 0) is 22.9 Å². The number of esters is 1. The Labute approximate surface area is 119 Å². The highest BCUT2D eigenvalue weighted by atomic mass is 16.5. The number of carbonyl (C=O) groups excluding carboxylic acids is 1. The van der Waals surface area contributed by atoms with Crippen molar-refractivity contribution in [1.82, 2.24) is 10.3 Å². The third-order valence-corrected chi connectivity index (χ3v) is 3.41. The molecule has 0 bridgehead atoms. The molecule has 1 atom stereocenters. The molecule has 106 valence electrons. The van der Waals surface area contributed by atoms with Crippen LogP contribution in [0.5, 0.6) is 0 Å². The van der Waals surface area contributed by atoms with E-state index in [4.69, 9.17) is 4.74 Å². The van der Waals surface area contributed by atoms with Crippen molar-refractivity contribution in [1.29, 1.82) is 0 Å².